The first kappa shape index (κ1) is 33.6. The van der Waals surface area contributed by atoms with Crippen LogP contribution in [-0.4, -0.2) is 12.3 Å². The fourth-order valence-electron chi connectivity index (χ4n) is 3.72. The number of hydrogen-bond donors (Lipinski definition) is 0. The summed E-state index contributed by atoms with van der Waals surface area (Å²) in [5.41, 5.74) is 0. The summed E-state index contributed by atoms with van der Waals surface area (Å²) in [6.07, 6.45) is 2.52. The fraction of sp³-hybridized carbons (Fsp3) is 0.0667. The van der Waals surface area contributed by atoms with E-state index in [2.05, 4.69) is 121 Å². The van der Waals surface area contributed by atoms with Crippen molar-refractivity contribution in [2.75, 3.05) is 12.3 Å². The van der Waals surface area contributed by atoms with Crippen molar-refractivity contribution >= 4 is 37.1 Å². The van der Waals surface area contributed by atoms with Crippen LogP contribution in [-0.2, 0) is 21.1 Å². The van der Waals surface area contributed by atoms with Crippen molar-refractivity contribution in [1.29, 1.82) is 0 Å². The SMILES string of the molecule is [CH3-].[CH3-].[CH3-].[CH3-].[Pt+4].c1ccc([PH+](CC[PH+](c2ccccc2)c2ccccc2)c2ccccc2)cc1. The summed E-state index contributed by atoms with van der Waals surface area (Å²) in [7, 11) is -1.57. The minimum absolute atomic E-state index is 0. The second kappa shape index (κ2) is 17.8. The van der Waals surface area contributed by atoms with Crippen LogP contribution >= 0.6 is 15.8 Å². The van der Waals surface area contributed by atoms with Gasteiger partial charge in [-0.3, -0.25) is 0 Å². The molecule has 0 aromatic heterocycles. The molecule has 0 saturated carbocycles. The molecule has 0 saturated heterocycles. The maximum absolute atomic E-state index is 2.32. The van der Waals surface area contributed by atoms with Gasteiger partial charge in [0.25, 0.3) is 0 Å². The molecule has 4 aromatic rings. The first-order valence-corrected chi connectivity index (χ1v) is 13.3. The molecule has 0 spiro atoms. The number of rotatable bonds is 7. The van der Waals surface area contributed by atoms with E-state index in [1.54, 1.807) is 0 Å². The second-order valence-electron chi connectivity index (χ2n) is 6.92. The molecule has 0 radical (unpaired) electrons. The second-order valence-corrected chi connectivity index (χ2v) is 12.1. The molecule has 0 amide bonds. The summed E-state index contributed by atoms with van der Waals surface area (Å²) < 4.78 is 0. The molecule has 0 aliphatic rings. The van der Waals surface area contributed by atoms with Gasteiger partial charge in [-0.2, -0.15) is 0 Å². The Kier molecular flexibility index (Phi) is 18.2. The van der Waals surface area contributed by atoms with Crippen LogP contribution in [0.1, 0.15) is 0 Å². The van der Waals surface area contributed by atoms with Gasteiger partial charge in [-0.15, -0.1) is 0 Å². The zero-order chi connectivity index (χ0) is 19.0. The van der Waals surface area contributed by atoms with Gasteiger partial charge < -0.3 is 29.7 Å². The Hall–Kier alpha value is -1.57. The van der Waals surface area contributed by atoms with Crippen LogP contribution in [0.3, 0.4) is 0 Å². The fourth-order valence-corrected chi connectivity index (χ4v) is 9.92. The first-order valence-electron chi connectivity index (χ1n) is 9.85. The maximum Gasteiger partial charge on any atom is 4.00 e. The van der Waals surface area contributed by atoms with Gasteiger partial charge in [-0.05, 0) is 48.5 Å². The van der Waals surface area contributed by atoms with Gasteiger partial charge in [-0.25, -0.2) is 0 Å². The Morgan fingerprint density at radius 3 is 0.697 bits per heavy atom. The van der Waals surface area contributed by atoms with E-state index in [1.807, 2.05) is 0 Å². The van der Waals surface area contributed by atoms with Gasteiger partial charge in [-0.1, -0.05) is 72.8 Å². The first-order chi connectivity index (χ1) is 13.9. The van der Waals surface area contributed by atoms with Crippen molar-refractivity contribution in [3.63, 3.8) is 0 Å². The van der Waals surface area contributed by atoms with Gasteiger partial charge in [0.1, 0.15) is 12.3 Å². The Bertz CT molecular complexity index is 799. The molecular weight excluding hydrogens is 617 g/mol. The molecule has 176 valence electrons. The average molecular weight is 656 g/mol. The summed E-state index contributed by atoms with van der Waals surface area (Å²) in [6.45, 7) is 0. The van der Waals surface area contributed by atoms with E-state index < -0.39 is 15.8 Å². The van der Waals surface area contributed by atoms with Crippen LogP contribution in [0.15, 0.2) is 121 Å². The topological polar surface area (TPSA) is 0 Å². The van der Waals surface area contributed by atoms with Crippen molar-refractivity contribution < 1.29 is 21.1 Å². The normalized spacial score (nSPS) is 9.39. The van der Waals surface area contributed by atoms with Crippen LogP contribution in [0.2, 0.25) is 0 Å². The Balaban J connectivity index is 0. The van der Waals surface area contributed by atoms with Crippen LogP contribution in [0, 0.1) is 29.7 Å². The van der Waals surface area contributed by atoms with E-state index >= 15 is 0 Å². The molecule has 0 fully saturated rings. The van der Waals surface area contributed by atoms with Crippen LogP contribution in [0.25, 0.3) is 0 Å². The van der Waals surface area contributed by atoms with Crippen molar-refractivity contribution in [2.45, 2.75) is 0 Å². The molecule has 0 heterocycles. The van der Waals surface area contributed by atoms with E-state index in [0.29, 0.717) is 0 Å². The van der Waals surface area contributed by atoms with Crippen molar-refractivity contribution in [1.82, 2.24) is 0 Å². The zero-order valence-corrected chi connectivity index (χ0v) is 24.5. The maximum atomic E-state index is 2.32. The Morgan fingerprint density at radius 1 is 0.333 bits per heavy atom. The molecule has 33 heavy (non-hydrogen) atoms. The zero-order valence-electron chi connectivity index (χ0n) is 20.3. The third-order valence-corrected chi connectivity index (χ3v) is 11.2. The van der Waals surface area contributed by atoms with Gasteiger partial charge >= 0.3 is 21.1 Å². The third-order valence-electron chi connectivity index (χ3n) is 5.11. The molecule has 3 heteroatoms. The Labute approximate surface area is 220 Å². The molecule has 0 atom stereocenters. The van der Waals surface area contributed by atoms with Gasteiger partial charge in [0, 0.05) is 0 Å². The largest absolute Gasteiger partial charge is 4.00 e. The van der Waals surface area contributed by atoms with E-state index in [0.717, 1.165) is 0 Å². The van der Waals surface area contributed by atoms with Crippen molar-refractivity contribution in [3.05, 3.63) is 151 Å². The molecular formula is C30H38P2Pt+2. The monoisotopic (exact) mass is 655 g/mol. The minimum atomic E-state index is -0.783. The van der Waals surface area contributed by atoms with Crippen molar-refractivity contribution in [2.24, 2.45) is 0 Å². The molecule has 0 nitrogen and oxygen atoms in total. The summed E-state index contributed by atoms with van der Waals surface area (Å²) in [4.78, 5) is 0. The van der Waals surface area contributed by atoms with Gasteiger partial charge in [0.05, 0.1) is 37.1 Å². The molecule has 0 aliphatic carbocycles. The van der Waals surface area contributed by atoms with E-state index in [4.69, 9.17) is 0 Å². The predicted octanol–water partition coefficient (Wildman–Crippen LogP) is 6.52. The standard InChI is InChI=1S/C26H24P2.4CH3.Pt/c1-5-13-23(14-6-1)27(24-15-7-2-8-16-24)21-22-28(25-17-9-3-10-18-25)26-19-11-4-12-20-26;;;;;/h1-20H,21-22H2;4*1H3;/q;4*-1;+4/p+2. The van der Waals surface area contributed by atoms with Crippen LogP contribution in [0.4, 0.5) is 0 Å². The third kappa shape index (κ3) is 9.30. The summed E-state index contributed by atoms with van der Waals surface area (Å²) in [6, 6.07) is 44.5. The molecule has 0 N–H and O–H groups in total. The quantitative estimate of drug-likeness (QED) is 0.157. The number of benzene rings is 4. The molecule has 4 aromatic carbocycles. The summed E-state index contributed by atoms with van der Waals surface area (Å²) in [5, 5.41) is 6.06. The minimum Gasteiger partial charge on any atom is -0.358 e. The molecule has 4 rings (SSSR count). The van der Waals surface area contributed by atoms with Crippen LogP contribution < -0.4 is 21.2 Å². The van der Waals surface area contributed by atoms with Crippen LogP contribution in [0.5, 0.6) is 0 Å². The van der Waals surface area contributed by atoms with E-state index in [1.165, 1.54) is 33.5 Å². The smallest absolute Gasteiger partial charge is 0.358 e. The van der Waals surface area contributed by atoms with Crippen molar-refractivity contribution in [3.8, 4) is 0 Å². The van der Waals surface area contributed by atoms with Gasteiger partial charge in [0.15, 0.2) is 0 Å². The summed E-state index contributed by atoms with van der Waals surface area (Å²) in [5.74, 6) is 0. The molecule has 0 bridgehead atoms. The summed E-state index contributed by atoms with van der Waals surface area (Å²) >= 11 is 0. The number of hydrogen-bond acceptors (Lipinski definition) is 0. The molecule has 0 aliphatic heterocycles. The van der Waals surface area contributed by atoms with E-state index in [-0.39, 0.29) is 50.8 Å². The van der Waals surface area contributed by atoms with E-state index in [9.17, 15) is 0 Å². The molecule has 0 unspecified atom stereocenters. The Morgan fingerprint density at radius 2 is 0.515 bits per heavy atom. The average Bonchev–Trinajstić information content (AvgIpc) is 2.79. The predicted molar refractivity (Wildman–Crippen MR) is 156 cm³/mol. The van der Waals surface area contributed by atoms with Gasteiger partial charge in [0.2, 0.25) is 0 Å².